The Kier molecular flexibility index (Phi) is 14.4. The SMILES string of the molecule is COc1ccc(CN2CC(CO)OC(OC3C(O)C(CO)OC(OCC4OC(C)C(O)C(OC5OC(CO)C(O)C(O)C5O)C4O)C3O)C2)cc1. The number of rotatable bonds is 13. The van der Waals surface area contributed by atoms with Crippen LogP contribution in [0, 0.1) is 0 Å². The molecule has 19 nitrogen and oxygen atoms in total. The van der Waals surface area contributed by atoms with Crippen molar-refractivity contribution in [2.75, 3.05) is 46.6 Å². The molecule has 0 aliphatic carbocycles. The van der Waals surface area contributed by atoms with E-state index in [1.54, 1.807) is 7.11 Å². The smallest absolute Gasteiger partial charge is 0.187 e. The van der Waals surface area contributed by atoms with Crippen molar-refractivity contribution in [1.29, 1.82) is 0 Å². The molecule has 5 rings (SSSR count). The molecule has 0 saturated carbocycles. The lowest BCUT2D eigenvalue weighted by molar-refractivity contribution is -0.352. The Labute approximate surface area is 294 Å². The Morgan fingerprint density at radius 3 is 1.92 bits per heavy atom. The summed E-state index contributed by atoms with van der Waals surface area (Å²) in [6, 6.07) is 7.45. The third kappa shape index (κ3) is 9.34. The third-order valence-corrected chi connectivity index (χ3v) is 9.60. The van der Waals surface area contributed by atoms with Gasteiger partial charge in [0.2, 0.25) is 0 Å². The van der Waals surface area contributed by atoms with E-state index in [-0.39, 0.29) is 13.2 Å². The maximum atomic E-state index is 11.3. The Hall–Kier alpha value is -1.70. The van der Waals surface area contributed by atoms with E-state index >= 15 is 0 Å². The third-order valence-electron chi connectivity index (χ3n) is 9.60. The number of nitrogens with zero attached hydrogens (tertiary/aromatic N) is 1. The Morgan fingerprint density at radius 2 is 1.27 bits per heavy atom. The first-order valence-corrected chi connectivity index (χ1v) is 16.9. The van der Waals surface area contributed by atoms with Crippen LogP contribution >= 0.6 is 0 Å². The first kappa shape index (κ1) is 40.5. The zero-order valence-corrected chi connectivity index (χ0v) is 28.3. The summed E-state index contributed by atoms with van der Waals surface area (Å²) in [7, 11) is 1.57. The van der Waals surface area contributed by atoms with Crippen molar-refractivity contribution in [3.63, 3.8) is 0 Å². The lowest BCUT2D eigenvalue weighted by atomic mass is 9.94. The molecule has 292 valence electrons. The van der Waals surface area contributed by atoms with Crippen molar-refractivity contribution in [3.05, 3.63) is 29.8 Å². The van der Waals surface area contributed by atoms with Gasteiger partial charge in [0.1, 0.15) is 79.0 Å². The van der Waals surface area contributed by atoms with Crippen molar-refractivity contribution in [2.45, 2.75) is 118 Å². The average Bonchev–Trinajstić information content (AvgIpc) is 3.13. The lowest BCUT2D eigenvalue weighted by Crippen LogP contribution is -2.65. The standard InChI is InChI=1S/C32H51NO18/c1-14-22(37)29(51-32-27(42)26(41)23(38)18(11-35)49-32)25(40)20(46-14)13-45-31-28(43)30(24(39)19(12-36)48-31)50-21-9-33(8-17(10-34)47-21)7-15-3-5-16(44-2)6-4-15/h3-6,14,17-32,34-43H,7-13H2,1-2H3. The molecule has 17 atom stereocenters. The highest BCUT2D eigenvalue weighted by Crippen LogP contribution is 2.31. The number of methoxy groups -OCH3 is 1. The van der Waals surface area contributed by atoms with Crippen LogP contribution < -0.4 is 4.74 Å². The van der Waals surface area contributed by atoms with Gasteiger partial charge in [0, 0.05) is 19.6 Å². The van der Waals surface area contributed by atoms with Crippen molar-refractivity contribution >= 4 is 0 Å². The van der Waals surface area contributed by atoms with Gasteiger partial charge >= 0.3 is 0 Å². The largest absolute Gasteiger partial charge is 0.497 e. The van der Waals surface area contributed by atoms with E-state index in [9.17, 15) is 51.1 Å². The van der Waals surface area contributed by atoms with Crippen molar-refractivity contribution in [3.8, 4) is 5.75 Å². The van der Waals surface area contributed by atoms with Crippen LogP contribution in [0.3, 0.4) is 0 Å². The van der Waals surface area contributed by atoms with Crippen LogP contribution in [0.4, 0.5) is 0 Å². The van der Waals surface area contributed by atoms with Gasteiger partial charge in [0.25, 0.3) is 0 Å². The second-order valence-electron chi connectivity index (χ2n) is 13.2. The van der Waals surface area contributed by atoms with Crippen LogP contribution in [0.5, 0.6) is 5.75 Å². The molecular weight excluding hydrogens is 686 g/mol. The minimum Gasteiger partial charge on any atom is -0.497 e. The molecule has 0 spiro atoms. The van der Waals surface area contributed by atoms with Gasteiger partial charge in [-0.2, -0.15) is 0 Å². The van der Waals surface area contributed by atoms with Crippen LogP contribution in [0.15, 0.2) is 24.3 Å². The van der Waals surface area contributed by atoms with Gasteiger partial charge in [-0.25, -0.2) is 0 Å². The quantitative estimate of drug-likeness (QED) is 0.0905. The number of hydrogen-bond donors (Lipinski definition) is 10. The lowest BCUT2D eigenvalue weighted by Gasteiger charge is -2.47. The summed E-state index contributed by atoms with van der Waals surface area (Å²) < 4.78 is 45.3. The van der Waals surface area contributed by atoms with Gasteiger partial charge in [-0.3, -0.25) is 4.90 Å². The normalized spacial score (nSPS) is 44.0. The molecule has 0 radical (unpaired) electrons. The maximum absolute atomic E-state index is 11.3. The molecule has 10 N–H and O–H groups in total. The molecule has 4 aliphatic rings. The first-order chi connectivity index (χ1) is 24.4. The fraction of sp³-hybridized carbons (Fsp3) is 0.812. The molecule has 51 heavy (non-hydrogen) atoms. The summed E-state index contributed by atoms with van der Waals surface area (Å²) in [5.74, 6) is 0.700. The van der Waals surface area contributed by atoms with E-state index in [4.69, 9.17) is 37.9 Å². The maximum Gasteiger partial charge on any atom is 0.187 e. The summed E-state index contributed by atoms with van der Waals surface area (Å²) in [6.07, 6.45) is -24.0. The molecule has 0 bridgehead atoms. The van der Waals surface area contributed by atoms with Gasteiger partial charge in [0.05, 0.1) is 45.7 Å². The van der Waals surface area contributed by atoms with Crippen LogP contribution in [-0.4, -0.2) is 207 Å². The van der Waals surface area contributed by atoms with Crippen LogP contribution in [-0.2, 0) is 39.7 Å². The fourth-order valence-electron chi connectivity index (χ4n) is 6.64. The summed E-state index contributed by atoms with van der Waals surface area (Å²) in [6.45, 7) is 0.345. The topological polar surface area (TPSA) is 279 Å². The highest BCUT2D eigenvalue weighted by atomic mass is 16.7. The van der Waals surface area contributed by atoms with Gasteiger partial charge in [-0.15, -0.1) is 0 Å². The summed E-state index contributed by atoms with van der Waals surface area (Å²) in [5.41, 5.74) is 0.961. The van der Waals surface area contributed by atoms with Crippen LogP contribution in [0.2, 0.25) is 0 Å². The van der Waals surface area contributed by atoms with Crippen molar-refractivity contribution in [2.24, 2.45) is 0 Å². The second-order valence-corrected chi connectivity index (χ2v) is 13.2. The number of ether oxygens (including phenoxy) is 8. The van der Waals surface area contributed by atoms with Crippen LogP contribution in [0.25, 0.3) is 0 Å². The van der Waals surface area contributed by atoms with E-state index in [0.29, 0.717) is 18.8 Å². The average molecular weight is 738 g/mol. The first-order valence-electron chi connectivity index (χ1n) is 16.9. The summed E-state index contributed by atoms with van der Waals surface area (Å²) >= 11 is 0. The van der Waals surface area contributed by atoms with E-state index in [0.717, 1.165) is 5.56 Å². The van der Waals surface area contributed by atoms with Gasteiger partial charge < -0.3 is 89.0 Å². The molecule has 4 fully saturated rings. The van der Waals surface area contributed by atoms with Crippen LogP contribution in [0.1, 0.15) is 12.5 Å². The Bertz CT molecular complexity index is 1200. The van der Waals surface area contributed by atoms with E-state index in [1.165, 1.54) is 6.92 Å². The molecule has 1 aromatic rings. The molecule has 0 aromatic heterocycles. The summed E-state index contributed by atoms with van der Waals surface area (Å²) in [4.78, 5) is 1.98. The minimum atomic E-state index is -1.80. The predicted octanol–water partition coefficient (Wildman–Crippen LogP) is -5.25. The molecule has 19 heteroatoms. The summed E-state index contributed by atoms with van der Waals surface area (Å²) in [5, 5.41) is 104. The zero-order chi connectivity index (χ0) is 37.0. The van der Waals surface area contributed by atoms with Crippen molar-refractivity contribution in [1.82, 2.24) is 4.90 Å². The number of benzene rings is 1. The number of aliphatic hydroxyl groups excluding tert-OH is 10. The highest BCUT2D eigenvalue weighted by molar-refractivity contribution is 5.27. The van der Waals surface area contributed by atoms with Gasteiger partial charge in [0.15, 0.2) is 18.9 Å². The van der Waals surface area contributed by atoms with E-state index < -0.39 is 124 Å². The zero-order valence-electron chi connectivity index (χ0n) is 28.3. The van der Waals surface area contributed by atoms with E-state index in [2.05, 4.69) is 0 Å². The minimum absolute atomic E-state index is 0.201. The van der Waals surface area contributed by atoms with Gasteiger partial charge in [-0.05, 0) is 24.6 Å². The molecule has 4 heterocycles. The van der Waals surface area contributed by atoms with Crippen molar-refractivity contribution < 1.29 is 89.0 Å². The highest BCUT2D eigenvalue weighted by Gasteiger charge is 2.51. The number of aliphatic hydroxyl groups is 10. The molecule has 0 amide bonds. The molecule has 17 unspecified atom stereocenters. The predicted molar refractivity (Wildman–Crippen MR) is 168 cm³/mol. The fourth-order valence-corrected chi connectivity index (χ4v) is 6.64. The van der Waals surface area contributed by atoms with E-state index in [1.807, 2.05) is 29.2 Å². The molecular formula is C32H51NO18. The Balaban J connectivity index is 1.22. The van der Waals surface area contributed by atoms with Gasteiger partial charge in [-0.1, -0.05) is 12.1 Å². The monoisotopic (exact) mass is 737 g/mol. The molecule has 4 aliphatic heterocycles. The number of morpholine rings is 1. The molecule has 4 saturated heterocycles. The molecule has 1 aromatic carbocycles. The Morgan fingerprint density at radius 1 is 0.647 bits per heavy atom. The second kappa shape index (κ2) is 18.1. The number of hydrogen-bond acceptors (Lipinski definition) is 19.